The van der Waals surface area contributed by atoms with E-state index < -0.39 is 0 Å². The minimum atomic E-state index is 0.0213. The molecular weight excluding hydrogens is 228 g/mol. The van der Waals surface area contributed by atoms with E-state index in [1.807, 2.05) is 0 Å². The van der Waals surface area contributed by atoms with E-state index in [9.17, 15) is 9.59 Å². The van der Waals surface area contributed by atoms with Crippen LogP contribution in [0.15, 0.2) is 0 Å². The number of likely N-dealkylation sites (tertiary alicyclic amines) is 1. The van der Waals surface area contributed by atoms with Crippen LogP contribution in [0.2, 0.25) is 0 Å². The molecule has 18 heavy (non-hydrogen) atoms. The summed E-state index contributed by atoms with van der Waals surface area (Å²) in [4.78, 5) is 26.1. The quantitative estimate of drug-likeness (QED) is 0.765. The third-order valence-electron chi connectivity index (χ3n) is 4.86. The number of fused-ring (bicyclic) bond motifs is 1. The van der Waals surface area contributed by atoms with Crippen molar-refractivity contribution in [1.29, 1.82) is 0 Å². The molecule has 100 valence electrons. The first-order valence-electron chi connectivity index (χ1n) is 7.33. The third kappa shape index (κ3) is 2.07. The first kappa shape index (κ1) is 12.2. The highest BCUT2D eigenvalue weighted by atomic mass is 16.2. The Morgan fingerprint density at radius 2 is 1.72 bits per heavy atom. The molecule has 1 aliphatic carbocycles. The van der Waals surface area contributed by atoms with Crippen molar-refractivity contribution in [3.8, 4) is 0 Å². The average Bonchev–Trinajstić information content (AvgIpc) is 2.98. The fourth-order valence-electron chi connectivity index (χ4n) is 3.72. The predicted molar refractivity (Wildman–Crippen MR) is 67.8 cm³/mol. The molecule has 3 aliphatic rings. The molecule has 2 aliphatic heterocycles. The highest BCUT2D eigenvalue weighted by molar-refractivity contribution is 6.05. The Morgan fingerprint density at radius 3 is 2.28 bits per heavy atom. The number of hydrogen-bond acceptors (Lipinski definition) is 3. The van der Waals surface area contributed by atoms with Crippen molar-refractivity contribution in [3.63, 3.8) is 0 Å². The maximum atomic E-state index is 12.2. The minimum Gasteiger partial charge on any atom is -0.316 e. The van der Waals surface area contributed by atoms with Crippen LogP contribution in [0.3, 0.4) is 0 Å². The van der Waals surface area contributed by atoms with Crippen molar-refractivity contribution in [2.75, 3.05) is 19.6 Å². The van der Waals surface area contributed by atoms with Crippen molar-refractivity contribution < 1.29 is 9.59 Å². The molecule has 4 nitrogen and oxygen atoms in total. The number of carbonyl (C=O) groups excluding carboxylic acids is 2. The molecule has 2 heterocycles. The first-order chi connectivity index (χ1) is 8.77. The van der Waals surface area contributed by atoms with Crippen molar-refractivity contribution in [3.05, 3.63) is 0 Å². The zero-order chi connectivity index (χ0) is 12.5. The summed E-state index contributed by atoms with van der Waals surface area (Å²) in [6.45, 7) is 2.78. The van der Waals surface area contributed by atoms with Gasteiger partial charge in [0.2, 0.25) is 11.8 Å². The van der Waals surface area contributed by atoms with Gasteiger partial charge in [0.1, 0.15) is 0 Å². The second-order valence-corrected chi connectivity index (χ2v) is 5.97. The van der Waals surface area contributed by atoms with Crippen molar-refractivity contribution >= 4 is 11.8 Å². The van der Waals surface area contributed by atoms with Crippen LogP contribution >= 0.6 is 0 Å². The molecule has 2 amide bonds. The highest BCUT2D eigenvalue weighted by Crippen LogP contribution is 2.38. The molecule has 4 heteroatoms. The van der Waals surface area contributed by atoms with Gasteiger partial charge >= 0.3 is 0 Å². The van der Waals surface area contributed by atoms with Crippen molar-refractivity contribution in [1.82, 2.24) is 10.2 Å². The molecule has 0 spiro atoms. The van der Waals surface area contributed by atoms with E-state index in [1.165, 1.54) is 6.42 Å². The fourth-order valence-corrected chi connectivity index (χ4v) is 3.72. The minimum absolute atomic E-state index is 0.0213. The van der Waals surface area contributed by atoms with Gasteiger partial charge in [0.05, 0.1) is 11.8 Å². The predicted octanol–water partition coefficient (Wildman–Crippen LogP) is 1.16. The maximum absolute atomic E-state index is 12.2. The van der Waals surface area contributed by atoms with Crippen LogP contribution in [-0.2, 0) is 9.59 Å². The van der Waals surface area contributed by atoms with E-state index in [4.69, 9.17) is 0 Å². The van der Waals surface area contributed by atoms with E-state index >= 15 is 0 Å². The van der Waals surface area contributed by atoms with Gasteiger partial charge in [-0.25, -0.2) is 0 Å². The number of carbonyl (C=O) groups is 2. The molecule has 2 saturated heterocycles. The van der Waals surface area contributed by atoms with Crippen molar-refractivity contribution in [2.45, 2.75) is 38.5 Å². The summed E-state index contributed by atoms with van der Waals surface area (Å²) in [5.41, 5.74) is 0. The summed E-state index contributed by atoms with van der Waals surface area (Å²) >= 11 is 0. The smallest absolute Gasteiger partial charge is 0.233 e. The largest absolute Gasteiger partial charge is 0.316 e. The maximum Gasteiger partial charge on any atom is 0.233 e. The van der Waals surface area contributed by atoms with Gasteiger partial charge in [-0.3, -0.25) is 14.5 Å². The van der Waals surface area contributed by atoms with Crippen LogP contribution < -0.4 is 5.32 Å². The number of imide groups is 1. The van der Waals surface area contributed by atoms with Crippen molar-refractivity contribution in [2.24, 2.45) is 17.8 Å². The molecule has 3 fully saturated rings. The SMILES string of the molecule is O=C1C2CCCCC2C(=O)N1CCC1CCNC1. The van der Waals surface area contributed by atoms with Crippen LogP contribution in [0.5, 0.6) is 0 Å². The second-order valence-electron chi connectivity index (χ2n) is 5.97. The molecule has 3 rings (SSSR count). The van der Waals surface area contributed by atoms with Gasteiger partial charge in [0.15, 0.2) is 0 Å². The lowest BCUT2D eigenvalue weighted by atomic mass is 9.81. The number of nitrogens with zero attached hydrogens (tertiary/aromatic N) is 1. The van der Waals surface area contributed by atoms with E-state index in [2.05, 4.69) is 5.32 Å². The van der Waals surface area contributed by atoms with E-state index in [-0.39, 0.29) is 23.7 Å². The molecule has 1 saturated carbocycles. The summed E-state index contributed by atoms with van der Waals surface area (Å²) in [7, 11) is 0. The van der Waals surface area contributed by atoms with Gasteiger partial charge in [-0.2, -0.15) is 0 Å². The van der Waals surface area contributed by atoms with Crippen LogP contribution in [0.1, 0.15) is 38.5 Å². The Labute approximate surface area is 108 Å². The van der Waals surface area contributed by atoms with E-state index in [1.54, 1.807) is 4.90 Å². The topological polar surface area (TPSA) is 49.4 Å². The summed E-state index contributed by atoms with van der Waals surface area (Å²) in [6.07, 6.45) is 6.24. The van der Waals surface area contributed by atoms with Gasteiger partial charge in [-0.1, -0.05) is 12.8 Å². The van der Waals surface area contributed by atoms with E-state index in [0.29, 0.717) is 12.5 Å². The number of hydrogen-bond donors (Lipinski definition) is 1. The fraction of sp³-hybridized carbons (Fsp3) is 0.857. The molecule has 1 N–H and O–H groups in total. The molecule has 0 aromatic rings. The first-order valence-corrected chi connectivity index (χ1v) is 7.33. The van der Waals surface area contributed by atoms with Gasteiger partial charge in [-0.05, 0) is 44.7 Å². The Balaban J connectivity index is 1.61. The highest BCUT2D eigenvalue weighted by Gasteiger charge is 2.47. The molecule has 0 aromatic heterocycles. The average molecular weight is 250 g/mol. The van der Waals surface area contributed by atoms with Crippen LogP contribution in [0, 0.1) is 17.8 Å². The van der Waals surface area contributed by atoms with Crippen LogP contribution in [0.25, 0.3) is 0 Å². The lowest BCUT2D eigenvalue weighted by molar-refractivity contribution is -0.140. The normalized spacial score (nSPS) is 36.2. The molecule has 0 aromatic carbocycles. The summed E-state index contributed by atoms with van der Waals surface area (Å²) in [5.74, 6) is 0.931. The second kappa shape index (κ2) is 5.00. The summed E-state index contributed by atoms with van der Waals surface area (Å²) in [5, 5.41) is 3.33. The standard InChI is InChI=1S/C14H22N2O2/c17-13-11-3-1-2-4-12(11)14(18)16(13)8-6-10-5-7-15-9-10/h10-12,15H,1-9H2. The zero-order valence-corrected chi connectivity index (χ0v) is 10.9. The lowest BCUT2D eigenvalue weighted by Crippen LogP contribution is -2.33. The molecule has 0 radical (unpaired) electrons. The monoisotopic (exact) mass is 250 g/mol. The van der Waals surface area contributed by atoms with Gasteiger partial charge in [0.25, 0.3) is 0 Å². The summed E-state index contributed by atoms with van der Waals surface area (Å²) < 4.78 is 0. The molecule has 3 unspecified atom stereocenters. The van der Waals surface area contributed by atoms with Gasteiger partial charge in [0, 0.05) is 6.54 Å². The Bertz CT molecular complexity index is 326. The number of nitrogens with one attached hydrogen (secondary N) is 1. The molecule has 3 atom stereocenters. The third-order valence-corrected chi connectivity index (χ3v) is 4.86. The van der Waals surface area contributed by atoms with Crippen LogP contribution in [-0.4, -0.2) is 36.3 Å². The number of amides is 2. The zero-order valence-electron chi connectivity index (χ0n) is 10.9. The molecule has 0 bridgehead atoms. The number of rotatable bonds is 3. The van der Waals surface area contributed by atoms with E-state index in [0.717, 1.165) is 45.2 Å². The Morgan fingerprint density at radius 1 is 1.06 bits per heavy atom. The molecular formula is C14H22N2O2. The van der Waals surface area contributed by atoms with Gasteiger partial charge in [-0.15, -0.1) is 0 Å². The van der Waals surface area contributed by atoms with Crippen LogP contribution in [0.4, 0.5) is 0 Å². The summed E-state index contributed by atoms with van der Waals surface area (Å²) in [6, 6.07) is 0. The van der Waals surface area contributed by atoms with Gasteiger partial charge < -0.3 is 5.32 Å². The Kier molecular flexibility index (Phi) is 3.37. The Hall–Kier alpha value is -0.900. The lowest BCUT2D eigenvalue weighted by Gasteiger charge is -2.19.